The van der Waals surface area contributed by atoms with Gasteiger partial charge in [-0.3, -0.25) is 4.79 Å². The number of piperidine rings is 1. The summed E-state index contributed by atoms with van der Waals surface area (Å²) in [5.74, 6) is 2.35. The Bertz CT molecular complexity index is 543. The number of nitrogens with one attached hydrogen (secondary N) is 1. The molecule has 0 radical (unpaired) electrons. The zero-order valence-electron chi connectivity index (χ0n) is 14.8. The lowest BCUT2D eigenvalue weighted by molar-refractivity contribution is -0.132. The molecule has 2 fully saturated rings. The molecule has 0 saturated carbocycles. The summed E-state index contributed by atoms with van der Waals surface area (Å²) in [6, 6.07) is 0. The molecule has 0 aliphatic carbocycles. The number of amides is 1. The highest BCUT2D eigenvalue weighted by Gasteiger charge is 2.26. The topological polar surface area (TPSA) is 61.4 Å². The second-order valence-corrected chi connectivity index (χ2v) is 7.84. The van der Waals surface area contributed by atoms with Gasteiger partial charge in [-0.25, -0.2) is 4.98 Å². The van der Waals surface area contributed by atoms with Crippen LogP contribution >= 0.6 is 11.5 Å². The highest BCUT2D eigenvalue weighted by molar-refractivity contribution is 7.09. The lowest BCUT2D eigenvalue weighted by Crippen LogP contribution is -2.37. The van der Waals surface area contributed by atoms with Crippen molar-refractivity contribution in [3.05, 3.63) is 5.82 Å². The van der Waals surface area contributed by atoms with Gasteiger partial charge in [0.25, 0.3) is 0 Å². The summed E-state index contributed by atoms with van der Waals surface area (Å²) in [7, 11) is 0. The Hall–Kier alpha value is -1.21. The van der Waals surface area contributed by atoms with Crippen LogP contribution in [-0.2, 0) is 4.79 Å². The van der Waals surface area contributed by atoms with Crippen molar-refractivity contribution in [3.63, 3.8) is 0 Å². The zero-order valence-corrected chi connectivity index (χ0v) is 15.6. The number of hydrogen-bond donors (Lipinski definition) is 1. The summed E-state index contributed by atoms with van der Waals surface area (Å²) in [6.45, 7) is 9.87. The first-order valence-electron chi connectivity index (χ1n) is 9.17. The highest BCUT2D eigenvalue weighted by Crippen LogP contribution is 2.25. The smallest absolute Gasteiger partial charge is 0.222 e. The van der Waals surface area contributed by atoms with Gasteiger partial charge in [-0.2, -0.15) is 4.37 Å². The molecule has 6 nitrogen and oxygen atoms in total. The van der Waals surface area contributed by atoms with Gasteiger partial charge in [-0.05, 0) is 51.1 Å². The van der Waals surface area contributed by atoms with E-state index in [-0.39, 0.29) is 0 Å². The number of nitrogens with zero attached hydrogens (tertiary/aromatic N) is 4. The van der Waals surface area contributed by atoms with E-state index < -0.39 is 0 Å². The summed E-state index contributed by atoms with van der Waals surface area (Å²) in [5, 5.41) is 4.40. The van der Waals surface area contributed by atoms with E-state index in [4.69, 9.17) is 0 Å². The summed E-state index contributed by atoms with van der Waals surface area (Å²) in [5.41, 5.74) is 0. The molecule has 1 aromatic rings. The van der Waals surface area contributed by atoms with Crippen LogP contribution in [0.1, 0.15) is 38.4 Å². The molecule has 7 heteroatoms. The fourth-order valence-electron chi connectivity index (χ4n) is 3.76. The van der Waals surface area contributed by atoms with Gasteiger partial charge in [-0.15, -0.1) is 0 Å². The van der Waals surface area contributed by atoms with Crippen molar-refractivity contribution in [2.45, 2.75) is 39.5 Å². The molecule has 2 aliphatic heterocycles. The van der Waals surface area contributed by atoms with Crippen LogP contribution in [0.2, 0.25) is 0 Å². The molecule has 1 N–H and O–H groups in total. The molecule has 3 heterocycles. The summed E-state index contributed by atoms with van der Waals surface area (Å²) in [6.07, 6.45) is 4.12. The number of carbonyl (C=O) groups is 1. The van der Waals surface area contributed by atoms with Crippen LogP contribution in [0.15, 0.2) is 0 Å². The van der Waals surface area contributed by atoms with E-state index >= 15 is 0 Å². The molecule has 2 aliphatic rings. The number of carbonyl (C=O) groups excluding carboxylic acids is 1. The third kappa shape index (κ3) is 4.45. The number of anilines is 1. The van der Waals surface area contributed by atoms with E-state index in [0.717, 1.165) is 56.6 Å². The highest BCUT2D eigenvalue weighted by atomic mass is 32.1. The standard InChI is InChI=1S/C17H29N5OS/c1-13(15-4-6-18-7-5-15)12-16(23)21-8-3-9-22(11-10-21)17-19-14(2)20-24-17/h13,15,18H,3-12H2,1-2H3. The first-order chi connectivity index (χ1) is 11.6. The molecular formula is C17H29N5OS. The van der Waals surface area contributed by atoms with Crippen molar-refractivity contribution >= 4 is 22.6 Å². The van der Waals surface area contributed by atoms with Crippen molar-refractivity contribution in [2.24, 2.45) is 11.8 Å². The van der Waals surface area contributed by atoms with Crippen LogP contribution < -0.4 is 10.2 Å². The number of aryl methyl sites for hydroxylation is 1. The Morgan fingerprint density at radius 3 is 2.79 bits per heavy atom. The van der Waals surface area contributed by atoms with Crippen molar-refractivity contribution in [1.29, 1.82) is 0 Å². The largest absolute Gasteiger partial charge is 0.345 e. The average molecular weight is 352 g/mol. The first-order valence-corrected chi connectivity index (χ1v) is 9.94. The van der Waals surface area contributed by atoms with Gasteiger partial charge < -0.3 is 15.1 Å². The van der Waals surface area contributed by atoms with E-state index in [2.05, 4.69) is 31.4 Å². The molecule has 3 rings (SSSR count). The Morgan fingerprint density at radius 1 is 1.29 bits per heavy atom. The van der Waals surface area contributed by atoms with Gasteiger partial charge in [-0.1, -0.05) is 6.92 Å². The molecule has 2 saturated heterocycles. The normalized spacial score (nSPS) is 21.6. The Labute approximate surface area is 148 Å². The molecular weight excluding hydrogens is 322 g/mol. The van der Waals surface area contributed by atoms with E-state index in [0.29, 0.717) is 24.2 Å². The monoisotopic (exact) mass is 351 g/mol. The molecule has 0 spiro atoms. The van der Waals surface area contributed by atoms with Crippen LogP contribution in [0, 0.1) is 18.8 Å². The predicted molar refractivity (Wildman–Crippen MR) is 97.4 cm³/mol. The van der Waals surface area contributed by atoms with E-state index in [1.165, 1.54) is 24.4 Å². The predicted octanol–water partition coefficient (Wildman–Crippen LogP) is 1.91. The van der Waals surface area contributed by atoms with Crippen LogP contribution in [0.25, 0.3) is 0 Å². The SMILES string of the molecule is Cc1nsc(N2CCCN(C(=O)CC(C)C3CCNCC3)CC2)n1. The van der Waals surface area contributed by atoms with Gasteiger partial charge >= 0.3 is 0 Å². The molecule has 1 unspecified atom stereocenters. The van der Waals surface area contributed by atoms with Crippen LogP contribution in [0.4, 0.5) is 5.13 Å². The second-order valence-electron chi connectivity index (χ2n) is 7.11. The fourth-order valence-corrected chi connectivity index (χ4v) is 4.48. The lowest BCUT2D eigenvalue weighted by Gasteiger charge is -2.29. The molecule has 0 aromatic carbocycles. The van der Waals surface area contributed by atoms with Crippen LogP contribution in [0.5, 0.6) is 0 Å². The maximum atomic E-state index is 12.7. The molecule has 0 bridgehead atoms. The summed E-state index contributed by atoms with van der Waals surface area (Å²) in [4.78, 5) is 21.5. The minimum absolute atomic E-state index is 0.330. The Kier molecular flexibility index (Phi) is 6.05. The molecule has 1 aromatic heterocycles. The molecule has 24 heavy (non-hydrogen) atoms. The van der Waals surface area contributed by atoms with Crippen molar-refractivity contribution in [1.82, 2.24) is 19.6 Å². The maximum Gasteiger partial charge on any atom is 0.222 e. The second kappa shape index (κ2) is 8.25. The molecule has 1 amide bonds. The summed E-state index contributed by atoms with van der Waals surface area (Å²) >= 11 is 1.46. The third-order valence-corrected chi connectivity index (χ3v) is 6.19. The van der Waals surface area contributed by atoms with Gasteiger partial charge in [0.1, 0.15) is 5.82 Å². The number of hydrogen-bond acceptors (Lipinski definition) is 6. The van der Waals surface area contributed by atoms with E-state index in [9.17, 15) is 4.79 Å². The van der Waals surface area contributed by atoms with Gasteiger partial charge in [0.15, 0.2) is 0 Å². The third-order valence-electron chi connectivity index (χ3n) is 5.32. The minimum atomic E-state index is 0.330. The van der Waals surface area contributed by atoms with E-state index in [1.807, 2.05) is 6.92 Å². The zero-order chi connectivity index (χ0) is 16.9. The number of rotatable bonds is 4. The number of aromatic nitrogens is 2. The van der Waals surface area contributed by atoms with Crippen molar-refractivity contribution in [3.8, 4) is 0 Å². The Balaban J connectivity index is 1.50. The minimum Gasteiger partial charge on any atom is -0.345 e. The molecule has 1 atom stereocenters. The van der Waals surface area contributed by atoms with Crippen molar-refractivity contribution in [2.75, 3.05) is 44.2 Å². The average Bonchev–Trinajstić information content (AvgIpc) is 2.88. The summed E-state index contributed by atoms with van der Waals surface area (Å²) < 4.78 is 4.27. The fraction of sp³-hybridized carbons (Fsp3) is 0.824. The lowest BCUT2D eigenvalue weighted by atomic mass is 9.84. The van der Waals surface area contributed by atoms with Gasteiger partial charge in [0, 0.05) is 44.1 Å². The molecule has 134 valence electrons. The maximum absolute atomic E-state index is 12.7. The van der Waals surface area contributed by atoms with Crippen molar-refractivity contribution < 1.29 is 4.79 Å². The quantitative estimate of drug-likeness (QED) is 0.898. The van der Waals surface area contributed by atoms with Crippen LogP contribution in [0.3, 0.4) is 0 Å². The Morgan fingerprint density at radius 2 is 2.08 bits per heavy atom. The first kappa shape index (κ1) is 17.6. The van der Waals surface area contributed by atoms with Gasteiger partial charge in [0.05, 0.1) is 0 Å². The van der Waals surface area contributed by atoms with E-state index in [1.54, 1.807) is 0 Å². The van der Waals surface area contributed by atoms with Gasteiger partial charge in [0.2, 0.25) is 11.0 Å². The van der Waals surface area contributed by atoms with Crippen LogP contribution in [-0.4, -0.2) is 59.4 Å².